The van der Waals surface area contributed by atoms with E-state index in [-0.39, 0.29) is 0 Å². The number of hydrogen-bond donors (Lipinski definition) is 1. The Bertz CT molecular complexity index is 534. The predicted octanol–water partition coefficient (Wildman–Crippen LogP) is 1.50. The summed E-state index contributed by atoms with van der Waals surface area (Å²) in [5.74, 6) is 0. The molecule has 5 nitrogen and oxygen atoms in total. The fourth-order valence-corrected chi connectivity index (χ4v) is 2.90. The van der Waals surface area contributed by atoms with Gasteiger partial charge in [0.05, 0.1) is 13.2 Å². The monoisotopic (exact) mass is 276 g/mol. The van der Waals surface area contributed by atoms with E-state index in [0.717, 1.165) is 47.6 Å². The second kappa shape index (κ2) is 5.64. The largest absolute Gasteiger partial charge is 0.378 e. The molecule has 1 aliphatic rings. The van der Waals surface area contributed by atoms with Crippen molar-refractivity contribution in [1.29, 1.82) is 0 Å². The van der Waals surface area contributed by atoms with Crippen molar-refractivity contribution in [3.63, 3.8) is 0 Å². The van der Waals surface area contributed by atoms with Crippen LogP contribution in [-0.4, -0.2) is 36.5 Å². The van der Waals surface area contributed by atoms with E-state index in [1.54, 1.807) is 11.3 Å². The van der Waals surface area contributed by atoms with Gasteiger partial charge in [0.15, 0.2) is 0 Å². The van der Waals surface area contributed by atoms with Crippen LogP contribution in [0.5, 0.6) is 0 Å². The van der Waals surface area contributed by atoms with E-state index in [1.165, 1.54) is 0 Å². The molecule has 0 bridgehead atoms. The summed E-state index contributed by atoms with van der Waals surface area (Å²) in [5, 5.41) is 10.5. The highest BCUT2D eigenvalue weighted by atomic mass is 32.1. The van der Waals surface area contributed by atoms with Crippen LogP contribution in [0.15, 0.2) is 24.3 Å². The fraction of sp³-hybridized carbons (Fsp3) is 0.385. The van der Waals surface area contributed by atoms with E-state index in [0.29, 0.717) is 6.54 Å². The third-order valence-electron chi connectivity index (χ3n) is 3.13. The van der Waals surface area contributed by atoms with Gasteiger partial charge in [0.2, 0.25) is 5.13 Å². The van der Waals surface area contributed by atoms with Crippen LogP contribution in [-0.2, 0) is 11.3 Å². The Labute approximate surface area is 116 Å². The van der Waals surface area contributed by atoms with Gasteiger partial charge in [0.25, 0.3) is 0 Å². The van der Waals surface area contributed by atoms with E-state index in [4.69, 9.17) is 10.5 Å². The Morgan fingerprint density at radius 3 is 2.58 bits per heavy atom. The van der Waals surface area contributed by atoms with Crippen LogP contribution in [0, 0.1) is 0 Å². The second-order valence-electron chi connectivity index (χ2n) is 4.39. The first kappa shape index (κ1) is 12.5. The van der Waals surface area contributed by atoms with Crippen molar-refractivity contribution in [3.8, 4) is 10.6 Å². The minimum atomic E-state index is 0.565. The van der Waals surface area contributed by atoms with E-state index >= 15 is 0 Å². The van der Waals surface area contributed by atoms with E-state index in [9.17, 15) is 0 Å². The topological polar surface area (TPSA) is 64.3 Å². The normalized spacial score (nSPS) is 15.7. The van der Waals surface area contributed by atoms with Crippen molar-refractivity contribution < 1.29 is 4.74 Å². The molecule has 0 amide bonds. The van der Waals surface area contributed by atoms with Gasteiger partial charge < -0.3 is 15.4 Å². The molecule has 1 aromatic carbocycles. The van der Waals surface area contributed by atoms with Crippen LogP contribution >= 0.6 is 11.3 Å². The molecule has 19 heavy (non-hydrogen) atoms. The average molecular weight is 276 g/mol. The summed E-state index contributed by atoms with van der Waals surface area (Å²) in [6.45, 7) is 3.87. The quantitative estimate of drug-likeness (QED) is 0.920. The first-order valence-corrected chi connectivity index (χ1v) is 7.14. The van der Waals surface area contributed by atoms with Crippen molar-refractivity contribution in [1.82, 2.24) is 10.2 Å². The molecule has 2 heterocycles. The molecular formula is C13H16N4OS. The number of ether oxygens (including phenoxy) is 1. The minimum Gasteiger partial charge on any atom is -0.378 e. The first-order chi connectivity index (χ1) is 9.36. The second-order valence-corrected chi connectivity index (χ2v) is 5.35. The number of hydrogen-bond acceptors (Lipinski definition) is 6. The predicted molar refractivity (Wildman–Crippen MR) is 76.3 cm³/mol. The number of morpholine rings is 1. The molecule has 1 saturated heterocycles. The van der Waals surface area contributed by atoms with Gasteiger partial charge in [0.1, 0.15) is 5.01 Å². The molecule has 1 aliphatic heterocycles. The van der Waals surface area contributed by atoms with Gasteiger partial charge in [-0.05, 0) is 5.56 Å². The first-order valence-electron chi connectivity index (χ1n) is 6.32. The van der Waals surface area contributed by atoms with Gasteiger partial charge >= 0.3 is 0 Å². The van der Waals surface area contributed by atoms with Gasteiger partial charge in [-0.15, -0.1) is 10.2 Å². The molecule has 1 aromatic heterocycles. The van der Waals surface area contributed by atoms with Gasteiger partial charge in [-0.1, -0.05) is 35.6 Å². The lowest BCUT2D eigenvalue weighted by molar-refractivity contribution is 0.122. The number of benzene rings is 1. The average Bonchev–Trinajstić information content (AvgIpc) is 2.98. The van der Waals surface area contributed by atoms with Gasteiger partial charge in [-0.25, -0.2) is 0 Å². The molecule has 2 N–H and O–H groups in total. The van der Waals surface area contributed by atoms with Gasteiger partial charge in [0, 0.05) is 25.2 Å². The lowest BCUT2D eigenvalue weighted by Crippen LogP contribution is -2.36. The van der Waals surface area contributed by atoms with Crippen LogP contribution in [0.3, 0.4) is 0 Å². The van der Waals surface area contributed by atoms with Crippen molar-refractivity contribution >= 4 is 16.5 Å². The Kier molecular flexibility index (Phi) is 3.72. The van der Waals surface area contributed by atoms with Crippen molar-refractivity contribution in [3.05, 3.63) is 29.8 Å². The standard InChI is InChI=1S/C13H16N4OS/c14-9-10-1-3-11(4-2-10)12-15-16-13(19-12)17-5-7-18-8-6-17/h1-4H,5-9,14H2. The minimum absolute atomic E-state index is 0.565. The van der Waals surface area contributed by atoms with Crippen molar-refractivity contribution in [2.75, 3.05) is 31.2 Å². The van der Waals surface area contributed by atoms with Crippen LogP contribution in [0.2, 0.25) is 0 Å². The van der Waals surface area contributed by atoms with Gasteiger partial charge in [-0.2, -0.15) is 0 Å². The number of nitrogens with two attached hydrogens (primary N) is 1. The third-order valence-corrected chi connectivity index (χ3v) is 4.17. The highest BCUT2D eigenvalue weighted by molar-refractivity contribution is 7.18. The Hall–Kier alpha value is -1.50. The van der Waals surface area contributed by atoms with Crippen LogP contribution in [0.25, 0.3) is 10.6 Å². The van der Waals surface area contributed by atoms with Crippen molar-refractivity contribution in [2.45, 2.75) is 6.54 Å². The third kappa shape index (κ3) is 2.75. The zero-order valence-corrected chi connectivity index (χ0v) is 11.4. The van der Waals surface area contributed by atoms with Crippen molar-refractivity contribution in [2.24, 2.45) is 5.73 Å². The lowest BCUT2D eigenvalue weighted by atomic mass is 10.1. The Morgan fingerprint density at radius 1 is 1.16 bits per heavy atom. The van der Waals surface area contributed by atoms with Gasteiger partial charge in [-0.3, -0.25) is 0 Å². The van der Waals surface area contributed by atoms with E-state index < -0.39 is 0 Å². The summed E-state index contributed by atoms with van der Waals surface area (Å²) in [4.78, 5) is 2.22. The smallest absolute Gasteiger partial charge is 0.208 e. The van der Waals surface area contributed by atoms with E-state index in [1.807, 2.05) is 24.3 Å². The zero-order valence-electron chi connectivity index (χ0n) is 10.6. The summed E-state index contributed by atoms with van der Waals surface area (Å²) in [5.41, 5.74) is 7.81. The lowest BCUT2D eigenvalue weighted by Gasteiger charge is -2.25. The highest BCUT2D eigenvalue weighted by Gasteiger charge is 2.16. The molecule has 3 rings (SSSR count). The molecule has 0 atom stereocenters. The molecule has 100 valence electrons. The Balaban J connectivity index is 1.79. The molecule has 0 radical (unpaired) electrons. The molecule has 0 spiro atoms. The molecular weight excluding hydrogens is 260 g/mol. The fourth-order valence-electron chi connectivity index (χ4n) is 2.00. The summed E-state index contributed by atoms with van der Waals surface area (Å²) < 4.78 is 5.34. The Morgan fingerprint density at radius 2 is 1.89 bits per heavy atom. The van der Waals surface area contributed by atoms with Crippen LogP contribution in [0.1, 0.15) is 5.56 Å². The highest BCUT2D eigenvalue weighted by Crippen LogP contribution is 2.29. The summed E-state index contributed by atoms with van der Waals surface area (Å²) >= 11 is 1.62. The number of nitrogens with zero attached hydrogens (tertiary/aromatic N) is 3. The molecule has 6 heteroatoms. The SMILES string of the molecule is NCc1ccc(-c2nnc(N3CCOCC3)s2)cc1. The number of anilines is 1. The van der Waals surface area contributed by atoms with E-state index in [2.05, 4.69) is 15.1 Å². The molecule has 0 unspecified atom stereocenters. The molecule has 0 saturated carbocycles. The number of aromatic nitrogens is 2. The molecule has 1 fully saturated rings. The summed E-state index contributed by atoms with van der Waals surface area (Å²) in [7, 11) is 0. The maximum Gasteiger partial charge on any atom is 0.208 e. The summed E-state index contributed by atoms with van der Waals surface area (Å²) in [6, 6.07) is 8.16. The van der Waals surface area contributed by atoms with Crippen LogP contribution in [0.4, 0.5) is 5.13 Å². The number of rotatable bonds is 3. The maximum atomic E-state index is 5.60. The molecule has 2 aromatic rings. The maximum absolute atomic E-state index is 5.60. The summed E-state index contributed by atoms with van der Waals surface area (Å²) in [6.07, 6.45) is 0. The zero-order chi connectivity index (χ0) is 13.1. The van der Waals surface area contributed by atoms with Crippen LogP contribution < -0.4 is 10.6 Å². The molecule has 0 aliphatic carbocycles.